The summed E-state index contributed by atoms with van der Waals surface area (Å²) < 4.78 is 42.8. The third kappa shape index (κ3) is 10.2. The van der Waals surface area contributed by atoms with Gasteiger partial charge in [-0.2, -0.15) is 13.2 Å². The lowest BCUT2D eigenvalue weighted by Crippen LogP contribution is -2.39. The van der Waals surface area contributed by atoms with Crippen LogP contribution >= 0.6 is 0 Å². The molecule has 0 aliphatic rings. The van der Waals surface area contributed by atoms with E-state index >= 15 is 0 Å². The van der Waals surface area contributed by atoms with E-state index in [0.717, 1.165) is 56.3 Å². The number of halogens is 3. The van der Waals surface area contributed by atoms with Crippen molar-refractivity contribution in [1.29, 1.82) is 0 Å². The maximum Gasteiger partial charge on any atom is 0.416 e. The largest absolute Gasteiger partial charge is 0.416 e. The van der Waals surface area contributed by atoms with Crippen LogP contribution in [0, 0.1) is 0 Å². The molecule has 8 heteroatoms. The van der Waals surface area contributed by atoms with Crippen molar-refractivity contribution < 1.29 is 17.9 Å². The lowest BCUT2D eigenvalue weighted by Gasteiger charge is -2.16. The van der Waals surface area contributed by atoms with Gasteiger partial charge in [-0.3, -0.25) is 4.99 Å². The number of aliphatic imine (C=N–C) groups is 1. The lowest BCUT2D eigenvalue weighted by molar-refractivity contribution is -0.137. The first-order chi connectivity index (χ1) is 12.9. The zero-order valence-electron chi connectivity index (χ0n) is 16.4. The summed E-state index contributed by atoms with van der Waals surface area (Å²) in [5.74, 6) is 0.717. The maximum atomic E-state index is 12.6. The average Bonchev–Trinajstić information content (AvgIpc) is 2.61. The van der Waals surface area contributed by atoms with Gasteiger partial charge in [0.1, 0.15) is 0 Å². The van der Waals surface area contributed by atoms with E-state index in [1.807, 2.05) is 6.92 Å². The molecule has 2 N–H and O–H groups in total. The molecule has 154 valence electrons. The highest BCUT2D eigenvalue weighted by Gasteiger charge is 2.29. The van der Waals surface area contributed by atoms with Crippen molar-refractivity contribution in [2.75, 3.05) is 53.5 Å². The van der Waals surface area contributed by atoms with E-state index in [1.54, 1.807) is 7.11 Å². The highest BCUT2D eigenvalue weighted by atomic mass is 19.4. The van der Waals surface area contributed by atoms with Crippen LogP contribution in [0.2, 0.25) is 0 Å². The number of likely N-dealkylation sites (N-methyl/N-ethyl adjacent to an activating group) is 1. The van der Waals surface area contributed by atoms with Crippen molar-refractivity contribution in [2.24, 2.45) is 4.99 Å². The number of nitrogens with zero attached hydrogens (tertiary/aromatic N) is 2. The minimum absolute atomic E-state index is 0.598. The topological polar surface area (TPSA) is 48.9 Å². The van der Waals surface area contributed by atoms with Gasteiger partial charge in [0.15, 0.2) is 5.96 Å². The summed E-state index contributed by atoms with van der Waals surface area (Å²) in [6.07, 6.45) is -2.68. The smallest absolute Gasteiger partial charge is 0.385 e. The number of guanidine groups is 1. The van der Waals surface area contributed by atoms with Crippen LogP contribution in [-0.2, 0) is 17.3 Å². The number of hydrogen-bond acceptors (Lipinski definition) is 3. The lowest BCUT2D eigenvalue weighted by atomic mass is 10.1. The predicted molar refractivity (Wildman–Crippen MR) is 103 cm³/mol. The summed E-state index contributed by atoms with van der Waals surface area (Å²) in [6, 6.07) is 5.27. The Morgan fingerprint density at radius 3 is 2.44 bits per heavy atom. The molecule has 0 aliphatic carbocycles. The Bertz CT molecular complexity index is 547. The van der Waals surface area contributed by atoms with Crippen LogP contribution in [0.5, 0.6) is 0 Å². The van der Waals surface area contributed by atoms with E-state index in [1.165, 1.54) is 12.1 Å². The number of benzene rings is 1. The van der Waals surface area contributed by atoms with E-state index in [2.05, 4.69) is 27.6 Å². The summed E-state index contributed by atoms with van der Waals surface area (Å²) in [5, 5.41) is 6.39. The first-order valence-electron chi connectivity index (χ1n) is 9.22. The quantitative estimate of drug-likeness (QED) is 0.348. The molecular weight excluding hydrogens is 357 g/mol. The molecule has 0 aromatic heterocycles. The van der Waals surface area contributed by atoms with Gasteiger partial charge < -0.3 is 20.3 Å². The summed E-state index contributed by atoms with van der Waals surface area (Å²) >= 11 is 0. The summed E-state index contributed by atoms with van der Waals surface area (Å²) in [7, 11) is 3.75. The van der Waals surface area contributed by atoms with Crippen molar-refractivity contribution in [2.45, 2.75) is 25.9 Å². The molecule has 27 heavy (non-hydrogen) atoms. The summed E-state index contributed by atoms with van der Waals surface area (Å²) in [4.78, 5) is 6.73. The number of methoxy groups -OCH3 is 1. The van der Waals surface area contributed by atoms with Gasteiger partial charge in [0.05, 0.1) is 12.1 Å². The zero-order valence-corrected chi connectivity index (χ0v) is 16.4. The van der Waals surface area contributed by atoms with Crippen LogP contribution in [0.15, 0.2) is 29.3 Å². The standard InChI is InChI=1S/C19H31F3N4O/c1-4-23-18(25-12-14-26(2)13-5-15-27-3)24-11-10-16-6-8-17(9-7-16)19(20,21)22/h6-9H,4-5,10-15H2,1-3H3,(H2,23,24,25). The normalized spacial score (nSPS) is 12.5. The Morgan fingerprint density at radius 2 is 1.85 bits per heavy atom. The van der Waals surface area contributed by atoms with Crippen LogP contribution < -0.4 is 10.6 Å². The zero-order chi connectivity index (χ0) is 20.1. The van der Waals surface area contributed by atoms with Crippen LogP contribution in [0.4, 0.5) is 13.2 Å². The minimum atomic E-state index is -4.29. The molecule has 0 saturated heterocycles. The third-order valence-corrected chi connectivity index (χ3v) is 3.97. The molecule has 0 unspecified atom stereocenters. The number of hydrogen-bond donors (Lipinski definition) is 2. The molecule has 0 radical (unpaired) electrons. The molecule has 0 atom stereocenters. The monoisotopic (exact) mass is 388 g/mol. The van der Waals surface area contributed by atoms with E-state index < -0.39 is 11.7 Å². The van der Waals surface area contributed by atoms with Crippen molar-refractivity contribution in [3.63, 3.8) is 0 Å². The van der Waals surface area contributed by atoms with Gasteiger partial charge in [-0.25, -0.2) is 0 Å². The fourth-order valence-corrected chi connectivity index (χ4v) is 2.45. The van der Waals surface area contributed by atoms with Gasteiger partial charge in [-0.05, 0) is 44.5 Å². The fraction of sp³-hybridized carbons (Fsp3) is 0.632. The van der Waals surface area contributed by atoms with Crippen LogP contribution in [0.3, 0.4) is 0 Å². The van der Waals surface area contributed by atoms with Crippen molar-refractivity contribution in [1.82, 2.24) is 15.5 Å². The van der Waals surface area contributed by atoms with Gasteiger partial charge in [-0.15, -0.1) is 0 Å². The Labute approximate surface area is 160 Å². The molecule has 1 aromatic rings. The molecule has 0 fully saturated rings. The van der Waals surface area contributed by atoms with Gasteiger partial charge >= 0.3 is 6.18 Å². The Kier molecular flexibility index (Phi) is 10.8. The van der Waals surface area contributed by atoms with Crippen LogP contribution in [0.1, 0.15) is 24.5 Å². The number of rotatable bonds is 11. The van der Waals surface area contributed by atoms with Crippen LogP contribution in [0.25, 0.3) is 0 Å². The van der Waals surface area contributed by atoms with Gasteiger partial charge in [0.25, 0.3) is 0 Å². The van der Waals surface area contributed by atoms with Crippen molar-refractivity contribution in [3.05, 3.63) is 35.4 Å². The molecule has 0 saturated carbocycles. The van der Waals surface area contributed by atoms with E-state index in [-0.39, 0.29) is 0 Å². The number of ether oxygens (including phenoxy) is 1. The first-order valence-corrected chi connectivity index (χ1v) is 9.22. The summed E-state index contributed by atoms with van der Waals surface area (Å²) in [6.45, 7) is 6.56. The van der Waals surface area contributed by atoms with Gasteiger partial charge in [0, 0.05) is 39.9 Å². The van der Waals surface area contributed by atoms with E-state index in [4.69, 9.17) is 4.74 Å². The molecular formula is C19H31F3N4O. The van der Waals surface area contributed by atoms with E-state index in [0.29, 0.717) is 19.5 Å². The second-order valence-electron chi connectivity index (χ2n) is 6.28. The Hall–Kier alpha value is -1.80. The third-order valence-electron chi connectivity index (χ3n) is 3.97. The van der Waals surface area contributed by atoms with Crippen molar-refractivity contribution >= 4 is 5.96 Å². The molecule has 0 heterocycles. The van der Waals surface area contributed by atoms with Crippen LogP contribution in [-0.4, -0.2) is 64.3 Å². The molecule has 5 nitrogen and oxygen atoms in total. The molecule has 0 aliphatic heterocycles. The number of alkyl halides is 3. The Morgan fingerprint density at radius 1 is 1.15 bits per heavy atom. The molecule has 0 bridgehead atoms. The number of nitrogens with one attached hydrogen (secondary N) is 2. The summed E-state index contributed by atoms with van der Waals surface area (Å²) in [5.41, 5.74) is 0.230. The van der Waals surface area contributed by atoms with Gasteiger partial charge in [0.2, 0.25) is 0 Å². The SMILES string of the molecule is CCNC(=NCCN(C)CCCOC)NCCc1ccc(C(F)(F)F)cc1. The van der Waals surface area contributed by atoms with Crippen molar-refractivity contribution in [3.8, 4) is 0 Å². The first kappa shape index (κ1) is 23.2. The minimum Gasteiger partial charge on any atom is -0.385 e. The Balaban J connectivity index is 2.39. The molecule has 1 aromatic carbocycles. The molecule has 0 amide bonds. The highest BCUT2D eigenvalue weighted by molar-refractivity contribution is 5.79. The second kappa shape index (κ2) is 12.6. The molecule has 1 rings (SSSR count). The average molecular weight is 388 g/mol. The maximum absolute atomic E-state index is 12.6. The molecule has 0 spiro atoms. The second-order valence-corrected chi connectivity index (χ2v) is 6.28. The predicted octanol–water partition coefficient (Wildman–Crippen LogP) is 2.77. The highest BCUT2D eigenvalue weighted by Crippen LogP contribution is 2.29. The van der Waals surface area contributed by atoms with Gasteiger partial charge in [-0.1, -0.05) is 12.1 Å². The fourth-order valence-electron chi connectivity index (χ4n) is 2.45. The van der Waals surface area contributed by atoms with E-state index in [9.17, 15) is 13.2 Å².